The van der Waals surface area contributed by atoms with E-state index < -0.39 is 0 Å². The Labute approximate surface area is 187 Å². The van der Waals surface area contributed by atoms with Gasteiger partial charge in [0.25, 0.3) is 0 Å². The molecule has 4 nitrogen and oxygen atoms in total. The third-order valence-corrected chi connectivity index (χ3v) is 7.12. The third kappa shape index (κ3) is 4.97. The van der Waals surface area contributed by atoms with Crippen LogP contribution in [-0.2, 0) is 10.2 Å². The van der Waals surface area contributed by atoms with Crippen molar-refractivity contribution in [3.63, 3.8) is 0 Å². The van der Waals surface area contributed by atoms with Crippen LogP contribution in [0.15, 0.2) is 23.8 Å². The van der Waals surface area contributed by atoms with E-state index in [1.807, 2.05) is 12.1 Å². The molecule has 0 spiro atoms. The second-order valence-corrected chi connectivity index (χ2v) is 10.4. The first kappa shape index (κ1) is 23.4. The number of nitrogens with zero attached hydrogens (tertiary/aromatic N) is 1. The van der Waals surface area contributed by atoms with E-state index >= 15 is 0 Å². The molecule has 1 unspecified atom stereocenters. The number of ether oxygens (including phenoxy) is 2. The van der Waals surface area contributed by atoms with Crippen LogP contribution >= 0.6 is 0 Å². The molecule has 1 aromatic rings. The van der Waals surface area contributed by atoms with Crippen molar-refractivity contribution in [3.8, 4) is 17.6 Å². The van der Waals surface area contributed by atoms with E-state index in [0.717, 1.165) is 35.3 Å². The summed E-state index contributed by atoms with van der Waals surface area (Å²) in [6.07, 6.45) is 9.46. The Kier molecular flexibility index (Phi) is 6.84. The van der Waals surface area contributed by atoms with E-state index in [2.05, 4.69) is 46.8 Å². The topological polar surface area (TPSA) is 59.3 Å². The summed E-state index contributed by atoms with van der Waals surface area (Å²) >= 11 is 0. The number of hydrogen-bond acceptors (Lipinski definition) is 4. The number of carbonyl (C=O) groups is 1. The van der Waals surface area contributed by atoms with E-state index in [1.165, 1.54) is 32.6 Å². The summed E-state index contributed by atoms with van der Waals surface area (Å²) < 4.78 is 12.3. The van der Waals surface area contributed by atoms with Gasteiger partial charge in [-0.2, -0.15) is 5.26 Å². The van der Waals surface area contributed by atoms with Gasteiger partial charge in [0.05, 0.1) is 6.07 Å². The maximum absolute atomic E-state index is 12.0. The SMILES string of the molecule is CCCCCCC(C)(C)c1cc(OC(C)=O)c2c(c1)OC(C)(C)C1CC=C(C#N)C[C@@H]21. The number of allylic oxidation sites excluding steroid dienone is 2. The lowest BCUT2D eigenvalue weighted by molar-refractivity contribution is -0.132. The molecule has 31 heavy (non-hydrogen) atoms. The Morgan fingerprint density at radius 3 is 2.68 bits per heavy atom. The number of hydrogen-bond donors (Lipinski definition) is 0. The summed E-state index contributed by atoms with van der Waals surface area (Å²) in [7, 11) is 0. The minimum atomic E-state index is -0.355. The Morgan fingerprint density at radius 2 is 2.03 bits per heavy atom. The van der Waals surface area contributed by atoms with Crippen LogP contribution in [0.3, 0.4) is 0 Å². The van der Waals surface area contributed by atoms with Crippen LogP contribution in [0.1, 0.15) is 104 Å². The molecule has 168 valence electrons. The van der Waals surface area contributed by atoms with Crippen LogP contribution in [0, 0.1) is 17.2 Å². The number of benzene rings is 1. The number of unbranched alkanes of at least 4 members (excludes halogenated alkanes) is 3. The second kappa shape index (κ2) is 9.07. The highest BCUT2D eigenvalue weighted by molar-refractivity contribution is 5.71. The van der Waals surface area contributed by atoms with Crippen LogP contribution < -0.4 is 9.47 Å². The second-order valence-electron chi connectivity index (χ2n) is 10.4. The average molecular weight is 424 g/mol. The predicted molar refractivity (Wildman–Crippen MR) is 123 cm³/mol. The fourth-order valence-electron chi connectivity index (χ4n) is 5.24. The van der Waals surface area contributed by atoms with Crippen LogP contribution in [0.25, 0.3) is 0 Å². The normalized spacial score (nSPS) is 21.8. The zero-order valence-corrected chi connectivity index (χ0v) is 20.0. The van der Waals surface area contributed by atoms with E-state index in [4.69, 9.17) is 9.47 Å². The largest absolute Gasteiger partial charge is 0.487 e. The number of rotatable bonds is 7. The maximum Gasteiger partial charge on any atom is 0.308 e. The van der Waals surface area contributed by atoms with Gasteiger partial charge in [-0.15, -0.1) is 0 Å². The molecule has 0 saturated heterocycles. The molecule has 3 rings (SSSR count). The smallest absolute Gasteiger partial charge is 0.308 e. The maximum atomic E-state index is 12.0. The molecular weight excluding hydrogens is 386 g/mol. The average Bonchev–Trinajstić information content (AvgIpc) is 2.69. The molecule has 1 aliphatic carbocycles. The standard InChI is InChI=1S/C27H37NO3/c1-7-8-9-10-13-26(3,4)20-15-23(30-18(2)29)25-21-14-19(17-28)11-12-22(21)27(5,6)31-24(25)16-20/h11,15-16,21-22H,7-10,12-14H2,1-6H3/t21-,22?/m1/s1. The van der Waals surface area contributed by atoms with Crippen LogP contribution in [0.2, 0.25) is 0 Å². The van der Waals surface area contributed by atoms with Gasteiger partial charge in [0, 0.05) is 29.9 Å². The van der Waals surface area contributed by atoms with Crippen LogP contribution in [0.5, 0.6) is 11.5 Å². The van der Waals surface area contributed by atoms with Gasteiger partial charge in [-0.1, -0.05) is 52.5 Å². The molecule has 0 aromatic heterocycles. The predicted octanol–water partition coefficient (Wildman–Crippen LogP) is 6.97. The molecule has 2 aliphatic rings. The minimum absolute atomic E-state index is 0.0493. The molecule has 0 bridgehead atoms. The van der Waals surface area contributed by atoms with E-state index in [9.17, 15) is 10.1 Å². The lowest BCUT2D eigenvalue weighted by atomic mass is 9.66. The monoisotopic (exact) mass is 423 g/mol. The summed E-state index contributed by atoms with van der Waals surface area (Å²) in [6.45, 7) is 12.4. The number of nitriles is 1. The van der Waals surface area contributed by atoms with E-state index in [0.29, 0.717) is 12.2 Å². The lowest BCUT2D eigenvalue weighted by Gasteiger charge is -2.47. The molecule has 2 atom stereocenters. The lowest BCUT2D eigenvalue weighted by Crippen LogP contribution is -2.45. The fraction of sp³-hybridized carbons (Fsp3) is 0.630. The fourth-order valence-corrected chi connectivity index (χ4v) is 5.24. The van der Waals surface area contributed by atoms with Crippen molar-refractivity contribution in [2.75, 3.05) is 0 Å². The summed E-state index contributed by atoms with van der Waals surface area (Å²) in [5, 5.41) is 9.51. The van der Waals surface area contributed by atoms with Crippen molar-refractivity contribution in [1.82, 2.24) is 0 Å². The summed E-state index contributed by atoms with van der Waals surface area (Å²) in [4.78, 5) is 12.0. The number of esters is 1. The molecule has 0 radical (unpaired) electrons. The molecule has 0 N–H and O–H groups in total. The number of carbonyl (C=O) groups excluding carboxylic acids is 1. The molecule has 0 amide bonds. The Balaban J connectivity index is 2.06. The summed E-state index contributed by atoms with van der Waals surface area (Å²) in [6, 6.07) is 6.54. The van der Waals surface area contributed by atoms with Gasteiger partial charge in [0.15, 0.2) is 0 Å². The Hall–Kier alpha value is -2.28. The first-order chi connectivity index (χ1) is 14.6. The Morgan fingerprint density at radius 1 is 1.29 bits per heavy atom. The molecule has 0 saturated carbocycles. The molecule has 1 heterocycles. The van der Waals surface area contributed by atoms with Gasteiger partial charge < -0.3 is 9.47 Å². The van der Waals surface area contributed by atoms with Gasteiger partial charge in [0.1, 0.15) is 17.1 Å². The molecular formula is C27H37NO3. The van der Waals surface area contributed by atoms with Crippen molar-refractivity contribution >= 4 is 5.97 Å². The van der Waals surface area contributed by atoms with Crippen molar-refractivity contribution in [1.29, 1.82) is 5.26 Å². The van der Waals surface area contributed by atoms with Gasteiger partial charge in [-0.3, -0.25) is 4.79 Å². The zero-order valence-electron chi connectivity index (χ0n) is 20.0. The summed E-state index contributed by atoms with van der Waals surface area (Å²) in [5.41, 5.74) is 2.49. The first-order valence-corrected chi connectivity index (χ1v) is 11.7. The highest BCUT2D eigenvalue weighted by Gasteiger charge is 2.47. The molecule has 4 heteroatoms. The minimum Gasteiger partial charge on any atom is -0.487 e. The molecule has 0 fully saturated rings. The van der Waals surface area contributed by atoms with E-state index in [1.54, 1.807) is 0 Å². The van der Waals surface area contributed by atoms with Crippen LogP contribution in [-0.4, -0.2) is 11.6 Å². The third-order valence-electron chi connectivity index (χ3n) is 7.12. The van der Waals surface area contributed by atoms with Gasteiger partial charge in [-0.25, -0.2) is 0 Å². The number of fused-ring (bicyclic) bond motifs is 3. The van der Waals surface area contributed by atoms with Crippen molar-refractivity contribution in [2.24, 2.45) is 5.92 Å². The van der Waals surface area contributed by atoms with Crippen LogP contribution in [0.4, 0.5) is 0 Å². The molecule has 1 aliphatic heterocycles. The highest BCUT2D eigenvalue weighted by Crippen LogP contribution is 2.55. The quantitative estimate of drug-likeness (QED) is 0.270. The molecule has 1 aromatic carbocycles. The van der Waals surface area contributed by atoms with Gasteiger partial charge >= 0.3 is 5.97 Å². The zero-order chi connectivity index (χ0) is 22.8. The van der Waals surface area contributed by atoms with E-state index in [-0.39, 0.29) is 28.8 Å². The Bertz CT molecular complexity index is 904. The first-order valence-electron chi connectivity index (χ1n) is 11.7. The van der Waals surface area contributed by atoms with Gasteiger partial charge in [0.2, 0.25) is 0 Å². The van der Waals surface area contributed by atoms with Crippen molar-refractivity contribution in [3.05, 3.63) is 34.9 Å². The summed E-state index contributed by atoms with van der Waals surface area (Å²) in [5.74, 6) is 1.43. The highest BCUT2D eigenvalue weighted by atomic mass is 16.5. The van der Waals surface area contributed by atoms with Gasteiger partial charge in [-0.05, 0) is 56.2 Å². The van der Waals surface area contributed by atoms with Crippen molar-refractivity contribution in [2.45, 2.75) is 103 Å². The van der Waals surface area contributed by atoms with Crippen molar-refractivity contribution < 1.29 is 14.3 Å².